The molecule has 0 aliphatic heterocycles. The molecule has 2 rings (SSSR count). The number of alkyl halides is 3. The van der Waals surface area contributed by atoms with Crippen LogP contribution in [0.4, 0.5) is 13.2 Å². The average Bonchev–Trinajstić information content (AvgIpc) is 2.67. The molecule has 0 unspecified atom stereocenters. The maximum Gasteiger partial charge on any atom is 0.416 e. The third-order valence-corrected chi connectivity index (χ3v) is 3.00. The summed E-state index contributed by atoms with van der Waals surface area (Å²) in [5.41, 5.74) is -0.186. The van der Waals surface area contributed by atoms with E-state index in [-0.39, 0.29) is 0 Å². The number of nitrogens with zero attached hydrogens (tertiary/aromatic N) is 1. The largest absolute Gasteiger partial charge is 0.416 e. The van der Waals surface area contributed by atoms with Gasteiger partial charge >= 0.3 is 6.18 Å². The topological polar surface area (TPSA) is 37.9 Å². The van der Waals surface area contributed by atoms with Crippen LogP contribution in [0, 0.1) is 0 Å². The van der Waals surface area contributed by atoms with E-state index in [9.17, 15) is 13.2 Å². The molecular weight excluding hydrogens is 257 g/mol. The SMILES string of the molecule is COC(C)(C)Cc1nc2ccc(C(F)(F)F)cc2[nH]1. The number of halogens is 3. The standard InChI is InChI=1S/C13H15F3N2O/c1-12(2,19-3)7-11-17-9-5-4-8(13(14,15)16)6-10(9)18-11/h4-6H,7H2,1-3H3,(H,17,18). The Morgan fingerprint density at radius 2 is 1.95 bits per heavy atom. The molecule has 1 heterocycles. The summed E-state index contributed by atoms with van der Waals surface area (Å²) in [6.07, 6.45) is -3.84. The number of nitrogens with one attached hydrogen (secondary N) is 1. The van der Waals surface area contributed by atoms with E-state index in [1.165, 1.54) is 6.07 Å². The number of benzene rings is 1. The van der Waals surface area contributed by atoms with E-state index < -0.39 is 17.3 Å². The summed E-state index contributed by atoms with van der Waals surface area (Å²) in [6, 6.07) is 3.48. The number of hydrogen-bond donors (Lipinski definition) is 1. The fraction of sp³-hybridized carbons (Fsp3) is 0.462. The van der Waals surface area contributed by atoms with Gasteiger partial charge in [-0.1, -0.05) is 0 Å². The Bertz CT molecular complexity index is 587. The maximum absolute atomic E-state index is 12.6. The van der Waals surface area contributed by atoms with E-state index in [1.807, 2.05) is 13.8 Å². The lowest BCUT2D eigenvalue weighted by atomic mass is 10.1. The van der Waals surface area contributed by atoms with Crippen LogP contribution in [0.5, 0.6) is 0 Å². The molecule has 1 N–H and O–H groups in total. The minimum atomic E-state index is -4.34. The fourth-order valence-electron chi connectivity index (χ4n) is 1.80. The summed E-state index contributed by atoms with van der Waals surface area (Å²) in [6.45, 7) is 3.78. The molecule has 0 aliphatic rings. The predicted octanol–water partition coefficient (Wildman–Crippen LogP) is 3.55. The molecule has 0 spiro atoms. The first kappa shape index (κ1) is 13.9. The van der Waals surface area contributed by atoms with Crippen molar-refractivity contribution in [3.8, 4) is 0 Å². The number of aromatic amines is 1. The molecule has 0 atom stereocenters. The predicted molar refractivity (Wildman–Crippen MR) is 65.9 cm³/mol. The highest BCUT2D eigenvalue weighted by Crippen LogP contribution is 2.31. The summed E-state index contributed by atoms with van der Waals surface area (Å²) < 4.78 is 43.1. The molecule has 0 amide bonds. The zero-order valence-electron chi connectivity index (χ0n) is 10.9. The zero-order valence-corrected chi connectivity index (χ0v) is 10.9. The molecule has 2 aromatic rings. The minimum absolute atomic E-state index is 0.386. The van der Waals surface area contributed by atoms with Crippen LogP contribution in [0.2, 0.25) is 0 Å². The number of imidazole rings is 1. The molecule has 0 saturated carbocycles. The lowest BCUT2D eigenvalue weighted by molar-refractivity contribution is -0.137. The van der Waals surface area contributed by atoms with Gasteiger partial charge in [-0.25, -0.2) is 4.98 Å². The Morgan fingerprint density at radius 1 is 1.26 bits per heavy atom. The number of H-pyrrole nitrogens is 1. The van der Waals surface area contributed by atoms with E-state index in [2.05, 4.69) is 9.97 Å². The van der Waals surface area contributed by atoms with Crippen molar-refractivity contribution in [2.75, 3.05) is 7.11 Å². The van der Waals surface area contributed by atoms with Crippen LogP contribution in [0.25, 0.3) is 11.0 Å². The molecule has 0 bridgehead atoms. The van der Waals surface area contributed by atoms with Gasteiger partial charge in [0.25, 0.3) is 0 Å². The average molecular weight is 272 g/mol. The van der Waals surface area contributed by atoms with Gasteiger partial charge in [-0.15, -0.1) is 0 Å². The van der Waals surface area contributed by atoms with Crippen molar-refractivity contribution in [3.05, 3.63) is 29.6 Å². The van der Waals surface area contributed by atoms with Gasteiger partial charge in [0.1, 0.15) is 5.82 Å². The molecule has 1 aromatic carbocycles. The van der Waals surface area contributed by atoms with Crippen molar-refractivity contribution in [1.29, 1.82) is 0 Å². The van der Waals surface area contributed by atoms with Gasteiger partial charge in [0.2, 0.25) is 0 Å². The van der Waals surface area contributed by atoms with Gasteiger partial charge in [0.05, 0.1) is 22.2 Å². The van der Waals surface area contributed by atoms with E-state index >= 15 is 0 Å². The summed E-state index contributed by atoms with van der Waals surface area (Å²) in [5.74, 6) is 0.612. The van der Waals surface area contributed by atoms with Crippen molar-refractivity contribution >= 4 is 11.0 Å². The van der Waals surface area contributed by atoms with Crippen LogP contribution >= 0.6 is 0 Å². The lowest BCUT2D eigenvalue weighted by Gasteiger charge is -2.21. The third-order valence-electron chi connectivity index (χ3n) is 3.00. The molecule has 19 heavy (non-hydrogen) atoms. The van der Waals surface area contributed by atoms with Gasteiger partial charge < -0.3 is 9.72 Å². The first-order chi connectivity index (χ1) is 8.71. The van der Waals surface area contributed by atoms with Gasteiger partial charge in [-0.05, 0) is 32.0 Å². The lowest BCUT2D eigenvalue weighted by Crippen LogP contribution is -2.26. The van der Waals surface area contributed by atoms with Crippen LogP contribution in [0.1, 0.15) is 25.2 Å². The summed E-state index contributed by atoms with van der Waals surface area (Å²) in [7, 11) is 1.59. The number of fused-ring (bicyclic) bond motifs is 1. The molecule has 6 heteroatoms. The zero-order chi connectivity index (χ0) is 14.3. The Kier molecular flexibility index (Phi) is 3.30. The number of methoxy groups -OCH3 is 1. The highest BCUT2D eigenvalue weighted by molar-refractivity contribution is 5.76. The van der Waals surface area contributed by atoms with E-state index in [1.54, 1.807) is 7.11 Å². The van der Waals surface area contributed by atoms with Crippen LogP contribution in [-0.2, 0) is 17.3 Å². The Hall–Kier alpha value is -1.56. The summed E-state index contributed by atoms with van der Waals surface area (Å²) in [5, 5.41) is 0. The van der Waals surface area contributed by atoms with Crippen molar-refractivity contribution in [2.45, 2.75) is 32.0 Å². The quantitative estimate of drug-likeness (QED) is 0.927. The summed E-state index contributed by atoms with van der Waals surface area (Å²) in [4.78, 5) is 7.17. The molecule has 3 nitrogen and oxygen atoms in total. The molecular formula is C13H15F3N2O. The number of aromatic nitrogens is 2. The Morgan fingerprint density at radius 3 is 2.53 bits per heavy atom. The number of hydrogen-bond acceptors (Lipinski definition) is 2. The van der Waals surface area contributed by atoms with E-state index in [0.717, 1.165) is 12.1 Å². The van der Waals surface area contributed by atoms with E-state index in [0.29, 0.717) is 23.3 Å². The van der Waals surface area contributed by atoms with Gasteiger partial charge in [-0.2, -0.15) is 13.2 Å². The van der Waals surface area contributed by atoms with Crippen LogP contribution in [-0.4, -0.2) is 22.7 Å². The van der Waals surface area contributed by atoms with Crippen molar-refractivity contribution in [3.63, 3.8) is 0 Å². The number of ether oxygens (including phenoxy) is 1. The fourth-order valence-corrected chi connectivity index (χ4v) is 1.80. The molecule has 104 valence electrons. The third kappa shape index (κ3) is 3.07. The highest BCUT2D eigenvalue weighted by atomic mass is 19.4. The first-order valence-corrected chi connectivity index (χ1v) is 5.82. The summed E-state index contributed by atoms with van der Waals surface area (Å²) >= 11 is 0. The maximum atomic E-state index is 12.6. The van der Waals surface area contributed by atoms with Crippen molar-refractivity contribution in [1.82, 2.24) is 9.97 Å². The smallest absolute Gasteiger partial charge is 0.378 e. The van der Waals surface area contributed by atoms with Crippen molar-refractivity contribution < 1.29 is 17.9 Å². The molecule has 0 aliphatic carbocycles. The highest BCUT2D eigenvalue weighted by Gasteiger charge is 2.30. The second kappa shape index (κ2) is 4.52. The molecule has 0 fully saturated rings. The Balaban J connectivity index is 2.36. The second-order valence-electron chi connectivity index (χ2n) is 5.05. The van der Waals surface area contributed by atoms with Crippen LogP contribution in [0.15, 0.2) is 18.2 Å². The molecule has 1 aromatic heterocycles. The van der Waals surface area contributed by atoms with Crippen LogP contribution < -0.4 is 0 Å². The van der Waals surface area contributed by atoms with E-state index in [4.69, 9.17) is 4.74 Å². The van der Waals surface area contributed by atoms with Crippen molar-refractivity contribution in [2.24, 2.45) is 0 Å². The second-order valence-corrected chi connectivity index (χ2v) is 5.05. The molecule has 0 radical (unpaired) electrons. The Labute approximate surface area is 108 Å². The van der Waals surface area contributed by atoms with Crippen LogP contribution in [0.3, 0.4) is 0 Å². The minimum Gasteiger partial charge on any atom is -0.378 e. The normalized spacial score (nSPS) is 13.2. The van der Waals surface area contributed by atoms with Gasteiger partial charge in [-0.3, -0.25) is 0 Å². The van der Waals surface area contributed by atoms with Gasteiger partial charge in [0, 0.05) is 13.5 Å². The van der Waals surface area contributed by atoms with Gasteiger partial charge in [0.15, 0.2) is 0 Å². The monoisotopic (exact) mass is 272 g/mol. The molecule has 0 saturated heterocycles. The first-order valence-electron chi connectivity index (χ1n) is 5.82. The number of rotatable bonds is 3.